The second kappa shape index (κ2) is 7.35. The molecule has 0 bridgehead atoms. The largest absolute Gasteiger partial charge is 0.478 e. The van der Waals surface area contributed by atoms with Crippen LogP contribution in [-0.4, -0.2) is 26.2 Å². The molecule has 144 valence electrons. The van der Waals surface area contributed by atoms with Crippen LogP contribution in [0.3, 0.4) is 0 Å². The van der Waals surface area contributed by atoms with Gasteiger partial charge in [-0.25, -0.2) is 9.78 Å². The van der Waals surface area contributed by atoms with Crippen LogP contribution < -0.4 is 0 Å². The molecule has 0 atom stereocenters. The number of aromatic carboxylic acids is 1. The maximum Gasteiger partial charge on any atom is 0.335 e. The number of halogens is 2. The zero-order chi connectivity index (χ0) is 20.7. The van der Waals surface area contributed by atoms with Crippen LogP contribution in [0.5, 0.6) is 0 Å². The highest BCUT2D eigenvalue weighted by Crippen LogP contribution is 2.35. The van der Waals surface area contributed by atoms with Crippen molar-refractivity contribution in [2.75, 3.05) is 0 Å². The Morgan fingerprint density at radius 1 is 1.03 bits per heavy atom. The summed E-state index contributed by atoms with van der Waals surface area (Å²) in [7, 11) is 0. The van der Waals surface area contributed by atoms with Gasteiger partial charge in [0.05, 0.1) is 27.4 Å². The number of carbonyl (C=O) groups excluding carboxylic acids is 1. The minimum absolute atomic E-state index is 0.0418. The van der Waals surface area contributed by atoms with Gasteiger partial charge < -0.3 is 9.51 Å². The molecular weight excluding hydrogens is 411 g/mol. The first-order chi connectivity index (χ1) is 13.9. The maximum atomic E-state index is 13.4. The van der Waals surface area contributed by atoms with Crippen molar-refractivity contribution in [2.45, 2.75) is 6.92 Å². The van der Waals surface area contributed by atoms with Crippen LogP contribution in [0.1, 0.15) is 32.0 Å². The Morgan fingerprint density at radius 3 is 2.41 bits per heavy atom. The van der Waals surface area contributed by atoms with E-state index in [0.717, 1.165) is 22.2 Å². The highest BCUT2D eigenvalue weighted by Gasteiger charge is 2.26. The number of rotatable bonds is 4. The fourth-order valence-corrected chi connectivity index (χ4v) is 4.02. The first-order valence-electron chi connectivity index (χ1n) is 8.68. The van der Waals surface area contributed by atoms with Gasteiger partial charge in [-0.1, -0.05) is 41.4 Å². The predicted molar refractivity (Wildman–Crippen MR) is 112 cm³/mol. The number of pyridine rings is 2. The van der Waals surface area contributed by atoms with Gasteiger partial charge in [-0.05, 0) is 48.4 Å². The zero-order valence-corrected chi connectivity index (χ0v) is 16.7. The normalized spacial score (nSPS) is 11.0. The number of fused-ring (bicyclic) bond motifs is 1. The lowest BCUT2D eigenvalue weighted by Gasteiger charge is -2.07. The molecule has 1 aromatic carbocycles. The molecule has 0 unspecified atom stereocenters. The van der Waals surface area contributed by atoms with Crippen molar-refractivity contribution in [1.82, 2.24) is 9.38 Å². The summed E-state index contributed by atoms with van der Waals surface area (Å²) in [5.74, 6) is -1.33. The molecule has 4 aromatic rings. The van der Waals surface area contributed by atoms with Gasteiger partial charge in [0.15, 0.2) is 0 Å². The van der Waals surface area contributed by atoms with Crippen LogP contribution in [0, 0.1) is 6.92 Å². The number of carbonyl (C=O) groups is 2. The second-order valence-corrected chi connectivity index (χ2v) is 7.24. The standard InChI is InChI=1S/C22H14Cl2N2O3/c1-12-17(13-5-7-14(8-6-13)22(28)29)16-4-2-3-11-26(16)19(12)20(27)18-15(23)9-10-25-21(18)24/h2-11H,1H3,(H,28,29). The molecule has 0 spiro atoms. The molecule has 0 saturated carbocycles. The van der Waals surface area contributed by atoms with Crippen molar-refractivity contribution in [3.63, 3.8) is 0 Å². The van der Waals surface area contributed by atoms with Gasteiger partial charge in [0.2, 0.25) is 5.78 Å². The summed E-state index contributed by atoms with van der Waals surface area (Å²) in [6, 6.07) is 13.7. The summed E-state index contributed by atoms with van der Waals surface area (Å²) >= 11 is 12.4. The Bertz CT molecular complexity index is 1260. The smallest absolute Gasteiger partial charge is 0.335 e. The first kappa shape index (κ1) is 19.2. The molecule has 0 saturated heterocycles. The summed E-state index contributed by atoms with van der Waals surface area (Å²) in [6.45, 7) is 1.85. The van der Waals surface area contributed by atoms with Gasteiger partial charge in [-0.2, -0.15) is 0 Å². The van der Waals surface area contributed by atoms with Crippen molar-refractivity contribution in [3.05, 3.63) is 93.5 Å². The Balaban J connectivity index is 1.97. The lowest BCUT2D eigenvalue weighted by molar-refractivity contribution is 0.0696. The monoisotopic (exact) mass is 424 g/mol. The van der Waals surface area contributed by atoms with E-state index < -0.39 is 5.97 Å². The third-order valence-electron chi connectivity index (χ3n) is 4.80. The van der Waals surface area contributed by atoms with Gasteiger partial charge in [0, 0.05) is 18.0 Å². The Kier molecular flexibility index (Phi) is 4.86. The van der Waals surface area contributed by atoms with Crippen LogP contribution in [0.2, 0.25) is 10.2 Å². The molecule has 0 radical (unpaired) electrons. The minimum Gasteiger partial charge on any atom is -0.478 e. The molecule has 4 rings (SSSR count). The van der Waals surface area contributed by atoms with E-state index in [9.17, 15) is 9.59 Å². The molecule has 0 fully saturated rings. The number of benzene rings is 1. The Hall–Kier alpha value is -3.15. The lowest BCUT2D eigenvalue weighted by atomic mass is 9.98. The molecule has 0 aliphatic heterocycles. The number of ketones is 1. The lowest BCUT2D eigenvalue weighted by Crippen LogP contribution is -2.09. The maximum absolute atomic E-state index is 13.4. The van der Waals surface area contributed by atoms with Crippen LogP contribution in [-0.2, 0) is 0 Å². The number of carboxylic acids is 1. The SMILES string of the molecule is Cc1c(-c2ccc(C(=O)O)cc2)c2ccccn2c1C(=O)c1c(Cl)ccnc1Cl. The van der Waals surface area contributed by atoms with E-state index >= 15 is 0 Å². The van der Waals surface area contributed by atoms with Gasteiger partial charge in [0.1, 0.15) is 5.15 Å². The van der Waals surface area contributed by atoms with Crippen LogP contribution >= 0.6 is 23.2 Å². The topological polar surface area (TPSA) is 71.7 Å². The molecule has 0 aliphatic rings. The fourth-order valence-electron chi connectivity index (χ4n) is 3.49. The molecular formula is C22H14Cl2N2O3. The number of hydrogen-bond donors (Lipinski definition) is 1. The highest BCUT2D eigenvalue weighted by atomic mass is 35.5. The molecule has 3 heterocycles. The minimum atomic E-state index is -0.994. The summed E-state index contributed by atoms with van der Waals surface area (Å²) in [5, 5.41) is 9.42. The zero-order valence-electron chi connectivity index (χ0n) is 15.2. The van der Waals surface area contributed by atoms with Crippen molar-refractivity contribution >= 4 is 40.5 Å². The van der Waals surface area contributed by atoms with Crippen molar-refractivity contribution in [1.29, 1.82) is 0 Å². The van der Waals surface area contributed by atoms with E-state index in [-0.39, 0.29) is 27.1 Å². The molecule has 5 nitrogen and oxygen atoms in total. The predicted octanol–water partition coefficient (Wildman–Crippen LogP) is 5.55. The molecule has 1 N–H and O–H groups in total. The van der Waals surface area contributed by atoms with E-state index in [4.69, 9.17) is 28.3 Å². The number of hydrogen-bond acceptors (Lipinski definition) is 3. The van der Waals surface area contributed by atoms with E-state index in [1.807, 2.05) is 25.1 Å². The van der Waals surface area contributed by atoms with E-state index in [1.165, 1.54) is 12.3 Å². The summed E-state index contributed by atoms with van der Waals surface area (Å²) in [5.41, 5.74) is 3.96. The average Bonchev–Trinajstić information content (AvgIpc) is 2.99. The quantitative estimate of drug-likeness (QED) is 0.344. The average molecular weight is 425 g/mol. The first-order valence-corrected chi connectivity index (χ1v) is 9.44. The van der Waals surface area contributed by atoms with Gasteiger partial charge >= 0.3 is 5.97 Å². The second-order valence-electron chi connectivity index (χ2n) is 6.47. The Labute approximate surface area is 176 Å². The van der Waals surface area contributed by atoms with E-state index in [2.05, 4.69) is 4.98 Å². The molecule has 3 aromatic heterocycles. The third-order valence-corrected chi connectivity index (χ3v) is 5.41. The van der Waals surface area contributed by atoms with Gasteiger partial charge in [0.25, 0.3) is 0 Å². The van der Waals surface area contributed by atoms with Crippen molar-refractivity contribution in [2.24, 2.45) is 0 Å². The highest BCUT2D eigenvalue weighted by molar-refractivity contribution is 6.40. The van der Waals surface area contributed by atoms with Crippen molar-refractivity contribution in [3.8, 4) is 11.1 Å². The van der Waals surface area contributed by atoms with Crippen LogP contribution in [0.25, 0.3) is 16.6 Å². The number of carboxylic acid groups (broad SMARTS) is 1. The van der Waals surface area contributed by atoms with Gasteiger partial charge in [-0.15, -0.1) is 0 Å². The Morgan fingerprint density at radius 2 is 1.76 bits per heavy atom. The summed E-state index contributed by atoms with van der Waals surface area (Å²) in [4.78, 5) is 28.5. The fraction of sp³-hybridized carbons (Fsp3) is 0.0455. The number of nitrogens with zero attached hydrogens (tertiary/aromatic N) is 2. The summed E-state index contributed by atoms with van der Waals surface area (Å²) in [6.07, 6.45) is 3.24. The number of aromatic nitrogens is 2. The van der Waals surface area contributed by atoms with Crippen LogP contribution in [0.15, 0.2) is 60.9 Å². The van der Waals surface area contributed by atoms with Gasteiger partial charge in [-0.3, -0.25) is 4.79 Å². The summed E-state index contributed by atoms with van der Waals surface area (Å²) < 4.78 is 1.79. The van der Waals surface area contributed by atoms with E-state index in [0.29, 0.717) is 5.69 Å². The van der Waals surface area contributed by atoms with E-state index in [1.54, 1.807) is 34.9 Å². The third kappa shape index (κ3) is 3.18. The molecule has 29 heavy (non-hydrogen) atoms. The molecule has 0 aliphatic carbocycles. The molecule has 7 heteroatoms. The van der Waals surface area contributed by atoms with Crippen molar-refractivity contribution < 1.29 is 14.7 Å². The molecule has 0 amide bonds. The van der Waals surface area contributed by atoms with Crippen LogP contribution in [0.4, 0.5) is 0 Å².